The van der Waals surface area contributed by atoms with E-state index in [1.807, 2.05) is 32.0 Å². The molecule has 112 valence electrons. The van der Waals surface area contributed by atoms with E-state index in [1.54, 1.807) is 0 Å². The first-order valence-corrected chi connectivity index (χ1v) is 6.94. The molecule has 0 aromatic heterocycles. The van der Waals surface area contributed by atoms with Gasteiger partial charge in [-0.3, -0.25) is 4.79 Å². The molecule has 5 nitrogen and oxygen atoms in total. The highest BCUT2D eigenvalue weighted by Gasteiger charge is 2.06. The van der Waals surface area contributed by atoms with Crippen LogP contribution >= 0.6 is 0 Å². The molecule has 0 aliphatic heterocycles. The summed E-state index contributed by atoms with van der Waals surface area (Å²) in [4.78, 5) is 11.4. The second-order valence-electron chi connectivity index (χ2n) is 4.47. The fourth-order valence-electron chi connectivity index (χ4n) is 1.71. The van der Waals surface area contributed by atoms with Crippen LogP contribution in [-0.4, -0.2) is 32.3 Å². The average molecular weight is 280 g/mol. The molecule has 3 N–H and O–H groups in total. The highest BCUT2D eigenvalue weighted by Crippen LogP contribution is 2.20. The van der Waals surface area contributed by atoms with Crippen LogP contribution in [0.5, 0.6) is 5.75 Å². The van der Waals surface area contributed by atoms with Gasteiger partial charge in [0, 0.05) is 31.7 Å². The molecule has 5 heteroatoms. The van der Waals surface area contributed by atoms with Crippen LogP contribution < -0.4 is 15.8 Å². The van der Waals surface area contributed by atoms with Gasteiger partial charge in [-0.1, -0.05) is 12.1 Å². The molecule has 0 saturated heterocycles. The van der Waals surface area contributed by atoms with Crippen LogP contribution in [0.4, 0.5) is 0 Å². The third-order valence-corrected chi connectivity index (χ3v) is 2.76. The minimum absolute atomic E-state index is 0.0478. The van der Waals surface area contributed by atoms with Crippen LogP contribution in [0.1, 0.15) is 24.5 Å². The van der Waals surface area contributed by atoms with Gasteiger partial charge in [0.2, 0.25) is 5.91 Å². The van der Waals surface area contributed by atoms with Crippen molar-refractivity contribution in [3.8, 4) is 5.75 Å². The van der Waals surface area contributed by atoms with Crippen LogP contribution in [0.3, 0.4) is 0 Å². The Hall–Kier alpha value is -1.59. The molecule has 1 aromatic carbocycles. The second kappa shape index (κ2) is 9.34. The van der Waals surface area contributed by atoms with Gasteiger partial charge in [-0.2, -0.15) is 0 Å². The summed E-state index contributed by atoms with van der Waals surface area (Å²) < 4.78 is 11.0. The molecule has 0 spiro atoms. The number of carbonyl (C=O) groups excluding carboxylic acids is 1. The average Bonchev–Trinajstić information content (AvgIpc) is 2.43. The Morgan fingerprint density at radius 2 is 2.15 bits per heavy atom. The van der Waals surface area contributed by atoms with E-state index in [0.717, 1.165) is 16.9 Å². The summed E-state index contributed by atoms with van der Waals surface area (Å²) in [5, 5.41) is 2.83. The lowest BCUT2D eigenvalue weighted by Crippen LogP contribution is -2.25. The standard InChI is InChI=1S/C15H24N2O3/c1-3-19-8-9-20-14-10-12(2)4-5-13(14)11-17-15(18)6-7-16/h4-5,10H,3,6-9,11,16H2,1-2H3,(H,17,18). The highest BCUT2D eigenvalue weighted by atomic mass is 16.5. The summed E-state index contributed by atoms with van der Waals surface area (Å²) in [6, 6.07) is 5.93. The van der Waals surface area contributed by atoms with Crippen molar-refractivity contribution in [2.45, 2.75) is 26.8 Å². The van der Waals surface area contributed by atoms with Crippen LogP contribution in [0.15, 0.2) is 18.2 Å². The van der Waals surface area contributed by atoms with Crippen molar-refractivity contribution in [2.24, 2.45) is 5.73 Å². The van der Waals surface area contributed by atoms with Gasteiger partial charge in [-0.25, -0.2) is 0 Å². The predicted molar refractivity (Wildman–Crippen MR) is 78.7 cm³/mol. The molecule has 1 rings (SSSR count). The van der Waals surface area contributed by atoms with Gasteiger partial charge in [0.25, 0.3) is 0 Å². The third kappa shape index (κ3) is 6.04. The molecular formula is C15H24N2O3. The van der Waals surface area contributed by atoms with E-state index >= 15 is 0 Å². The highest BCUT2D eigenvalue weighted by molar-refractivity contribution is 5.76. The Balaban J connectivity index is 2.57. The Labute approximate surface area is 120 Å². The largest absolute Gasteiger partial charge is 0.491 e. The van der Waals surface area contributed by atoms with E-state index in [-0.39, 0.29) is 5.91 Å². The molecule has 1 aromatic rings. The van der Waals surface area contributed by atoms with Crippen molar-refractivity contribution < 1.29 is 14.3 Å². The number of rotatable bonds is 9. The maximum Gasteiger partial charge on any atom is 0.221 e. The fourth-order valence-corrected chi connectivity index (χ4v) is 1.71. The number of hydrogen-bond acceptors (Lipinski definition) is 4. The lowest BCUT2D eigenvalue weighted by Gasteiger charge is -2.13. The van der Waals surface area contributed by atoms with Crippen LogP contribution in [0, 0.1) is 6.92 Å². The van der Waals surface area contributed by atoms with E-state index < -0.39 is 0 Å². The Morgan fingerprint density at radius 1 is 1.35 bits per heavy atom. The van der Waals surface area contributed by atoms with E-state index in [1.165, 1.54) is 0 Å². The summed E-state index contributed by atoms with van der Waals surface area (Å²) in [5.74, 6) is 0.742. The smallest absolute Gasteiger partial charge is 0.221 e. The molecule has 0 atom stereocenters. The minimum atomic E-state index is -0.0478. The number of nitrogens with one attached hydrogen (secondary N) is 1. The first kappa shape index (κ1) is 16.5. The molecule has 1 amide bonds. The van der Waals surface area contributed by atoms with E-state index in [2.05, 4.69) is 5.32 Å². The van der Waals surface area contributed by atoms with Gasteiger partial charge >= 0.3 is 0 Å². The van der Waals surface area contributed by atoms with Crippen LogP contribution in [0.25, 0.3) is 0 Å². The molecule has 0 unspecified atom stereocenters. The van der Waals surface area contributed by atoms with E-state index in [4.69, 9.17) is 15.2 Å². The number of aryl methyl sites for hydroxylation is 1. The molecule has 0 fully saturated rings. The van der Waals surface area contributed by atoms with Crippen molar-refractivity contribution >= 4 is 5.91 Å². The summed E-state index contributed by atoms with van der Waals surface area (Å²) in [6.45, 7) is 6.50. The number of ether oxygens (including phenoxy) is 2. The minimum Gasteiger partial charge on any atom is -0.491 e. The molecule has 0 aliphatic rings. The lowest BCUT2D eigenvalue weighted by atomic mass is 10.1. The molecule has 0 bridgehead atoms. The topological polar surface area (TPSA) is 73.6 Å². The van der Waals surface area contributed by atoms with Crippen molar-refractivity contribution in [3.05, 3.63) is 29.3 Å². The summed E-state index contributed by atoms with van der Waals surface area (Å²) in [5.41, 5.74) is 7.42. The SMILES string of the molecule is CCOCCOc1cc(C)ccc1CNC(=O)CCN. The Bertz CT molecular complexity index is 422. The zero-order valence-electron chi connectivity index (χ0n) is 12.3. The maximum atomic E-state index is 11.4. The number of amides is 1. The molecular weight excluding hydrogens is 256 g/mol. The normalized spacial score (nSPS) is 10.3. The molecule has 0 heterocycles. The number of carbonyl (C=O) groups is 1. The summed E-state index contributed by atoms with van der Waals surface area (Å²) in [7, 11) is 0. The van der Waals surface area contributed by atoms with Crippen molar-refractivity contribution in [2.75, 3.05) is 26.4 Å². The van der Waals surface area contributed by atoms with Gasteiger partial charge in [0.1, 0.15) is 12.4 Å². The Morgan fingerprint density at radius 3 is 2.85 bits per heavy atom. The number of hydrogen-bond donors (Lipinski definition) is 2. The van der Waals surface area contributed by atoms with Gasteiger partial charge < -0.3 is 20.5 Å². The second-order valence-corrected chi connectivity index (χ2v) is 4.47. The molecule has 20 heavy (non-hydrogen) atoms. The molecule has 0 aliphatic carbocycles. The van der Waals surface area contributed by atoms with Crippen LogP contribution in [-0.2, 0) is 16.1 Å². The first-order valence-electron chi connectivity index (χ1n) is 6.94. The number of nitrogens with two attached hydrogens (primary N) is 1. The molecule has 0 radical (unpaired) electrons. The van der Waals surface area contributed by atoms with E-state index in [0.29, 0.717) is 39.3 Å². The zero-order valence-corrected chi connectivity index (χ0v) is 12.3. The number of benzene rings is 1. The van der Waals surface area contributed by atoms with Gasteiger partial charge in [0.15, 0.2) is 0 Å². The van der Waals surface area contributed by atoms with Gasteiger partial charge in [-0.05, 0) is 25.5 Å². The summed E-state index contributed by atoms with van der Waals surface area (Å²) in [6.07, 6.45) is 0.340. The van der Waals surface area contributed by atoms with Crippen molar-refractivity contribution in [3.63, 3.8) is 0 Å². The van der Waals surface area contributed by atoms with Gasteiger partial charge in [0.05, 0.1) is 6.61 Å². The third-order valence-electron chi connectivity index (χ3n) is 2.76. The van der Waals surface area contributed by atoms with Crippen LogP contribution in [0.2, 0.25) is 0 Å². The predicted octanol–water partition coefficient (Wildman–Crippen LogP) is 1.38. The maximum absolute atomic E-state index is 11.4. The van der Waals surface area contributed by atoms with Crippen molar-refractivity contribution in [1.29, 1.82) is 0 Å². The van der Waals surface area contributed by atoms with E-state index in [9.17, 15) is 4.79 Å². The first-order chi connectivity index (χ1) is 9.67. The lowest BCUT2D eigenvalue weighted by molar-refractivity contribution is -0.121. The monoisotopic (exact) mass is 280 g/mol. The Kier molecular flexibility index (Phi) is 7.69. The zero-order chi connectivity index (χ0) is 14.8. The van der Waals surface area contributed by atoms with Crippen molar-refractivity contribution in [1.82, 2.24) is 5.32 Å². The van der Waals surface area contributed by atoms with Gasteiger partial charge in [-0.15, -0.1) is 0 Å². The quantitative estimate of drug-likeness (QED) is 0.670. The summed E-state index contributed by atoms with van der Waals surface area (Å²) >= 11 is 0. The fraction of sp³-hybridized carbons (Fsp3) is 0.533. The molecule has 0 saturated carbocycles.